The second kappa shape index (κ2) is 11.4. The molecular formula is C30H40Cl2N2O8. The van der Waals surface area contributed by atoms with Gasteiger partial charge in [0, 0.05) is 23.6 Å². The highest BCUT2D eigenvalue weighted by molar-refractivity contribution is 6.18. The third-order valence-electron chi connectivity index (χ3n) is 10.5. The molecule has 2 aliphatic carbocycles. The summed E-state index contributed by atoms with van der Waals surface area (Å²) in [5, 5.41) is 27.1. The minimum absolute atomic E-state index is 0.138. The molecule has 4 N–H and O–H groups in total. The number of esters is 2. The van der Waals surface area contributed by atoms with Crippen molar-refractivity contribution in [2.24, 2.45) is 23.7 Å². The molecule has 10 atom stereocenters. The molecule has 0 radical (unpaired) electrons. The number of rotatable bonds is 8. The van der Waals surface area contributed by atoms with Crippen molar-refractivity contribution in [3.05, 3.63) is 24.3 Å². The fourth-order valence-corrected chi connectivity index (χ4v) is 8.42. The highest BCUT2D eigenvalue weighted by Gasteiger charge is 2.80. The summed E-state index contributed by atoms with van der Waals surface area (Å²) in [6, 6.07) is 0. The lowest BCUT2D eigenvalue weighted by molar-refractivity contribution is -0.239. The van der Waals surface area contributed by atoms with Crippen molar-refractivity contribution in [1.82, 2.24) is 10.6 Å². The van der Waals surface area contributed by atoms with Crippen LogP contribution in [-0.4, -0.2) is 80.2 Å². The van der Waals surface area contributed by atoms with E-state index in [1.54, 1.807) is 13.8 Å². The van der Waals surface area contributed by atoms with E-state index in [1.165, 1.54) is 0 Å². The summed E-state index contributed by atoms with van der Waals surface area (Å²) in [7, 11) is 0. The van der Waals surface area contributed by atoms with Crippen molar-refractivity contribution in [3.8, 4) is 0 Å². The molecule has 0 aromatic carbocycles. The Morgan fingerprint density at radius 2 is 1.17 bits per heavy atom. The van der Waals surface area contributed by atoms with Crippen molar-refractivity contribution in [3.63, 3.8) is 0 Å². The summed E-state index contributed by atoms with van der Waals surface area (Å²) >= 11 is 11.5. The third-order valence-corrected chi connectivity index (χ3v) is 10.9. The van der Waals surface area contributed by atoms with Gasteiger partial charge < -0.3 is 30.3 Å². The Kier molecular flexibility index (Phi) is 8.50. The highest BCUT2D eigenvalue weighted by atomic mass is 35.5. The predicted octanol–water partition coefficient (Wildman–Crippen LogP) is 2.27. The number of halogens is 2. The average molecular weight is 628 g/mol. The maximum atomic E-state index is 12.2. The van der Waals surface area contributed by atoms with E-state index in [2.05, 4.69) is 10.6 Å². The zero-order valence-corrected chi connectivity index (χ0v) is 25.5. The Morgan fingerprint density at radius 3 is 1.45 bits per heavy atom. The van der Waals surface area contributed by atoms with Gasteiger partial charge in [-0.1, -0.05) is 24.3 Å². The van der Waals surface area contributed by atoms with Crippen molar-refractivity contribution in [2.75, 3.05) is 11.8 Å². The second-order valence-corrected chi connectivity index (χ2v) is 13.3. The summed E-state index contributed by atoms with van der Waals surface area (Å²) in [6.45, 7) is 3.44. The van der Waals surface area contributed by atoms with E-state index in [0.29, 0.717) is 24.6 Å². The normalized spacial score (nSPS) is 42.8. The summed E-state index contributed by atoms with van der Waals surface area (Å²) in [5.74, 6) is -2.28. The fourth-order valence-electron chi connectivity index (χ4n) is 7.98. The number of aliphatic hydroxyl groups excluding tert-OH is 2. The van der Waals surface area contributed by atoms with Crippen LogP contribution < -0.4 is 10.6 Å². The van der Waals surface area contributed by atoms with Crippen molar-refractivity contribution < 1.29 is 38.9 Å². The largest absolute Gasteiger partial charge is 0.453 e. The number of carbonyl (C=O) groups is 4. The number of amides is 2. The third kappa shape index (κ3) is 4.26. The van der Waals surface area contributed by atoms with Crippen LogP contribution in [0.4, 0.5) is 0 Å². The molecule has 6 aliphatic rings. The molecular weight excluding hydrogens is 587 g/mol. The number of alkyl halides is 2. The summed E-state index contributed by atoms with van der Waals surface area (Å²) < 4.78 is 10.7. The van der Waals surface area contributed by atoms with Crippen LogP contribution in [0.5, 0.6) is 0 Å². The molecule has 0 bridgehead atoms. The van der Waals surface area contributed by atoms with E-state index in [1.807, 2.05) is 24.3 Å². The molecule has 4 heterocycles. The molecule has 0 spiro atoms. The first-order valence-electron chi connectivity index (χ1n) is 14.9. The number of hydrogen-bond donors (Lipinski definition) is 4. The first kappa shape index (κ1) is 31.3. The molecule has 0 saturated carbocycles. The second-order valence-electron chi connectivity index (χ2n) is 12.6. The number of allylic oxidation sites excluding steroid dienone is 2. The van der Waals surface area contributed by atoms with Crippen molar-refractivity contribution in [2.45, 2.75) is 99.7 Å². The number of nitrogens with one attached hydrogen (secondary N) is 2. The van der Waals surface area contributed by atoms with Gasteiger partial charge in [-0.05, 0) is 65.2 Å². The zero-order chi connectivity index (χ0) is 30.5. The lowest BCUT2D eigenvalue weighted by Crippen LogP contribution is -2.80. The summed E-state index contributed by atoms with van der Waals surface area (Å²) in [6.07, 6.45) is 12.3. The Labute approximate surface area is 255 Å². The van der Waals surface area contributed by atoms with Gasteiger partial charge in [-0.3, -0.25) is 9.59 Å². The molecule has 232 valence electrons. The zero-order valence-electron chi connectivity index (χ0n) is 23.9. The van der Waals surface area contributed by atoms with E-state index < -0.39 is 58.3 Å². The lowest BCUT2D eigenvalue weighted by atomic mass is 9.64. The Bertz CT molecular complexity index is 1110. The van der Waals surface area contributed by atoms with Crippen LogP contribution in [0.15, 0.2) is 24.3 Å². The van der Waals surface area contributed by atoms with Crippen LogP contribution in [0, 0.1) is 23.7 Å². The molecule has 10 nitrogen and oxygen atoms in total. The summed E-state index contributed by atoms with van der Waals surface area (Å²) in [5.41, 5.74) is -4.68. The molecule has 4 fully saturated rings. The molecule has 42 heavy (non-hydrogen) atoms. The van der Waals surface area contributed by atoms with Crippen molar-refractivity contribution >= 4 is 47.0 Å². The van der Waals surface area contributed by atoms with E-state index in [9.17, 15) is 29.4 Å². The van der Waals surface area contributed by atoms with Crippen molar-refractivity contribution in [1.29, 1.82) is 0 Å². The minimum Gasteiger partial charge on any atom is -0.453 e. The van der Waals surface area contributed by atoms with Crippen LogP contribution in [0.2, 0.25) is 0 Å². The van der Waals surface area contributed by atoms with Gasteiger partial charge in [0.1, 0.15) is 0 Å². The molecule has 2 amide bonds. The quantitative estimate of drug-likeness (QED) is 0.182. The Hall–Kier alpha value is -2.14. The molecule has 0 aromatic heterocycles. The summed E-state index contributed by atoms with van der Waals surface area (Å²) in [4.78, 5) is 48.8. The molecule has 4 aliphatic heterocycles. The van der Waals surface area contributed by atoms with Crippen LogP contribution in [0.1, 0.15) is 65.2 Å². The topological polar surface area (TPSA) is 151 Å². The lowest BCUT2D eigenvalue weighted by Gasteiger charge is -2.54. The predicted molar refractivity (Wildman–Crippen MR) is 153 cm³/mol. The molecule has 6 rings (SSSR count). The van der Waals surface area contributed by atoms with E-state index >= 15 is 0 Å². The molecule has 0 aromatic rings. The molecule has 0 unspecified atom stereocenters. The number of carbonyl (C=O) groups excluding carboxylic acids is 4. The van der Waals surface area contributed by atoms with Gasteiger partial charge in [0.2, 0.25) is 22.9 Å². The first-order chi connectivity index (χ1) is 19.9. The van der Waals surface area contributed by atoms with Gasteiger partial charge in [0.25, 0.3) is 0 Å². The van der Waals surface area contributed by atoms with E-state index in [0.717, 1.165) is 38.5 Å². The molecule has 4 saturated heterocycles. The van der Waals surface area contributed by atoms with Gasteiger partial charge >= 0.3 is 11.9 Å². The maximum absolute atomic E-state index is 12.2. The van der Waals surface area contributed by atoms with E-state index in [-0.39, 0.29) is 23.7 Å². The number of hydrogen-bond acceptors (Lipinski definition) is 8. The van der Waals surface area contributed by atoms with Gasteiger partial charge in [-0.25, -0.2) is 9.59 Å². The van der Waals surface area contributed by atoms with Gasteiger partial charge in [0.05, 0.1) is 24.0 Å². The number of fused-ring (bicyclic) bond motifs is 2. The van der Waals surface area contributed by atoms with Crippen LogP contribution in [0.3, 0.4) is 0 Å². The SMILES string of the molecule is C[C@@]12OC(=O)[C@]1([C@H](O)[C@H]1C=CCCC1)NC(=O)[C@@H]2CCCl.C[C@@]12OC(=O)[C@]1([C@H](O)[C@H]1C=CCCC1)NC(=O)[C@@H]2CCCl. The van der Waals surface area contributed by atoms with Gasteiger partial charge in [0.15, 0.2) is 11.2 Å². The molecule has 12 heteroatoms. The number of ether oxygens (including phenoxy) is 2. The fraction of sp³-hybridized carbons (Fsp3) is 0.733. The Balaban J connectivity index is 0.000000168. The first-order valence-corrected chi connectivity index (χ1v) is 15.9. The minimum atomic E-state index is -1.33. The van der Waals surface area contributed by atoms with Crippen LogP contribution >= 0.6 is 23.2 Å². The standard InChI is InChI=1S/2C15H20ClNO4/c2*1-14-10(7-8-16)12(19)17-15(14,13(20)21-14)11(18)9-5-3-2-4-6-9/h2*3,5,9-11,18H,2,4,6-8H2,1H3,(H,17,19)/t2*9-,10-,11+,14-,15-/m00/s1. The van der Waals surface area contributed by atoms with E-state index in [4.69, 9.17) is 32.7 Å². The smallest absolute Gasteiger partial charge is 0.339 e. The van der Waals surface area contributed by atoms with Crippen LogP contribution in [0.25, 0.3) is 0 Å². The van der Waals surface area contributed by atoms with Gasteiger partial charge in [-0.15, -0.1) is 23.2 Å². The Morgan fingerprint density at radius 1 is 0.786 bits per heavy atom. The van der Waals surface area contributed by atoms with Gasteiger partial charge in [-0.2, -0.15) is 0 Å². The highest BCUT2D eigenvalue weighted by Crippen LogP contribution is 2.54. The van der Waals surface area contributed by atoms with Crippen LogP contribution in [-0.2, 0) is 28.7 Å². The monoisotopic (exact) mass is 626 g/mol. The average Bonchev–Trinajstić information content (AvgIpc) is 3.27. The maximum Gasteiger partial charge on any atom is 0.339 e. The number of aliphatic hydroxyl groups is 2.